The number of furan rings is 1. The molecular weight excluding hydrogens is 348 g/mol. The number of halogens is 1. The van der Waals surface area contributed by atoms with Crippen molar-refractivity contribution in [1.29, 1.82) is 0 Å². The number of likely N-dealkylation sites (tertiary alicyclic amines) is 1. The van der Waals surface area contributed by atoms with Gasteiger partial charge in [-0.2, -0.15) is 0 Å². The summed E-state index contributed by atoms with van der Waals surface area (Å²) in [6.45, 7) is 2.28. The van der Waals surface area contributed by atoms with Crippen molar-refractivity contribution < 1.29 is 14.0 Å². The number of amides is 2. The molecule has 1 aromatic rings. The van der Waals surface area contributed by atoms with Gasteiger partial charge >= 0.3 is 0 Å². The van der Waals surface area contributed by atoms with Gasteiger partial charge in [0, 0.05) is 32.1 Å². The van der Waals surface area contributed by atoms with Gasteiger partial charge in [0.1, 0.15) is 0 Å². The lowest BCUT2D eigenvalue weighted by Crippen LogP contribution is -2.61. The van der Waals surface area contributed by atoms with Crippen molar-refractivity contribution in [3.05, 3.63) is 22.6 Å². The van der Waals surface area contributed by atoms with Gasteiger partial charge in [-0.3, -0.25) is 9.59 Å². The Kier molecular flexibility index (Phi) is 3.51. The van der Waals surface area contributed by atoms with Crippen LogP contribution in [0.1, 0.15) is 36.2 Å². The highest BCUT2D eigenvalue weighted by Gasteiger charge is 2.45. The molecule has 0 N–H and O–H groups in total. The van der Waals surface area contributed by atoms with Crippen LogP contribution in [-0.4, -0.2) is 47.3 Å². The zero-order chi connectivity index (χ0) is 15.3. The molecule has 1 aromatic heterocycles. The van der Waals surface area contributed by atoms with E-state index in [1.165, 1.54) is 0 Å². The third kappa shape index (κ3) is 2.37. The summed E-state index contributed by atoms with van der Waals surface area (Å²) in [6, 6.07) is 3.80. The molecule has 0 aromatic carbocycles. The molecule has 118 valence electrons. The normalized spacial score (nSPS) is 31.1. The number of rotatable bonds is 1. The van der Waals surface area contributed by atoms with Crippen molar-refractivity contribution in [2.45, 2.75) is 31.7 Å². The summed E-state index contributed by atoms with van der Waals surface area (Å²) in [4.78, 5) is 28.7. The summed E-state index contributed by atoms with van der Waals surface area (Å²) < 4.78 is 5.99. The summed E-state index contributed by atoms with van der Waals surface area (Å²) >= 11 is 3.24. The van der Waals surface area contributed by atoms with Crippen LogP contribution in [0.15, 0.2) is 21.2 Å². The topological polar surface area (TPSA) is 53.8 Å². The van der Waals surface area contributed by atoms with Crippen LogP contribution < -0.4 is 0 Å². The lowest BCUT2D eigenvalue weighted by atomic mass is 9.76. The quantitative estimate of drug-likeness (QED) is 0.767. The minimum Gasteiger partial charge on any atom is -0.444 e. The van der Waals surface area contributed by atoms with E-state index in [4.69, 9.17) is 4.42 Å². The molecule has 0 spiro atoms. The largest absolute Gasteiger partial charge is 0.444 e. The van der Waals surface area contributed by atoms with Gasteiger partial charge in [-0.25, -0.2) is 0 Å². The molecule has 22 heavy (non-hydrogen) atoms. The van der Waals surface area contributed by atoms with Crippen LogP contribution in [0, 0.1) is 11.8 Å². The third-order valence-corrected chi connectivity index (χ3v) is 5.68. The zero-order valence-electron chi connectivity index (χ0n) is 12.3. The summed E-state index contributed by atoms with van der Waals surface area (Å²) in [7, 11) is 0. The van der Waals surface area contributed by atoms with Crippen molar-refractivity contribution in [3.63, 3.8) is 0 Å². The van der Waals surface area contributed by atoms with Gasteiger partial charge in [-0.05, 0) is 59.2 Å². The first-order valence-electron chi connectivity index (χ1n) is 7.96. The fourth-order valence-electron chi connectivity index (χ4n) is 4.36. The molecule has 4 heterocycles. The molecule has 4 rings (SSSR count). The second-order valence-electron chi connectivity index (χ2n) is 6.68. The Hall–Kier alpha value is -1.30. The minimum atomic E-state index is -0.0315. The molecule has 0 aliphatic carbocycles. The first-order chi connectivity index (χ1) is 10.6. The Balaban J connectivity index is 1.53. The SMILES string of the molecule is O=C(c1ccc(Br)o1)N1CC2CC(C1)[C@H]1CCCC(=O)N1C2. The number of hydrogen-bond acceptors (Lipinski definition) is 3. The van der Waals surface area contributed by atoms with E-state index in [9.17, 15) is 9.59 Å². The molecule has 5 nitrogen and oxygen atoms in total. The van der Waals surface area contributed by atoms with E-state index in [0.717, 1.165) is 38.9 Å². The van der Waals surface area contributed by atoms with Crippen LogP contribution in [0.3, 0.4) is 0 Å². The molecular formula is C16H19BrN2O3. The van der Waals surface area contributed by atoms with E-state index in [-0.39, 0.29) is 5.91 Å². The highest BCUT2D eigenvalue weighted by molar-refractivity contribution is 9.10. The molecule has 0 radical (unpaired) electrons. The second kappa shape index (κ2) is 5.41. The van der Waals surface area contributed by atoms with Crippen LogP contribution in [0.25, 0.3) is 0 Å². The fraction of sp³-hybridized carbons (Fsp3) is 0.625. The van der Waals surface area contributed by atoms with Crippen LogP contribution in [0.4, 0.5) is 0 Å². The van der Waals surface area contributed by atoms with Gasteiger partial charge in [0.05, 0.1) is 0 Å². The number of nitrogens with zero attached hydrogens (tertiary/aromatic N) is 2. The predicted octanol–water partition coefficient (Wildman–Crippen LogP) is 2.52. The maximum atomic E-state index is 12.6. The summed E-state index contributed by atoms with van der Waals surface area (Å²) in [5, 5.41) is 0. The highest BCUT2D eigenvalue weighted by Crippen LogP contribution is 2.38. The molecule has 3 fully saturated rings. The Bertz CT molecular complexity index is 614. The van der Waals surface area contributed by atoms with E-state index in [0.29, 0.717) is 40.6 Å². The van der Waals surface area contributed by atoms with Gasteiger partial charge in [-0.15, -0.1) is 0 Å². The van der Waals surface area contributed by atoms with E-state index in [2.05, 4.69) is 20.8 Å². The lowest BCUT2D eigenvalue weighted by molar-refractivity contribution is -0.144. The Morgan fingerprint density at radius 3 is 2.91 bits per heavy atom. The van der Waals surface area contributed by atoms with Gasteiger partial charge < -0.3 is 14.2 Å². The average molecular weight is 367 g/mol. The van der Waals surface area contributed by atoms with Crippen LogP contribution in [-0.2, 0) is 4.79 Å². The summed E-state index contributed by atoms with van der Waals surface area (Å²) in [5.41, 5.74) is 0. The number of piperidine rings is 3. The van der Waals surface area contributed by atoms with E-state index >= 15 is 0 Å². The Morgan fingerprint density at radius 2 is 2.14 bits per heavy atom. The molecule has 6 heteroatoms. The lowest BCUT2D eigenvalue weighted by Gasteiger charge is -2.52. The zero-order valence-corrected chi connectivity index (χ0v) is 13.9. The van der Waals surface area contributed by atoms with Gasteiger partial charge in [0.15, 0.2) is 10.4 Å². The molecule has 3 atom stereocenters. The summed E-state index contributed by atoms with van der Waals surface area (Å²) in [5.74, 6) is 1.48. The van der Waals surface area contributed by atoms with E-state index < -0.39 is 0 Å². The number of fused-ring (bicyclic) bond motifs is 4. The predicted molar refractivity (Wildman–Crippen MR) is 83.3 cm³/mol. The summed E-state index contributed by atoms with van der Waals surface area (Å²) in [6.07, 6.45) is 3.90. The first-order valence-corrected chi connectivity index (χ1v) is 8.75. The number of hydrogen-bond donors (Lipinski definition) is 0. The fourth-order valence-corrected chi connectivity index (χ4v) is 4.67. The van der Waals surface area contributed by atoms with Crippen molar-refractivity contribution in [2.24, 2.45) is 11.8 Å². The van der Waals surface area contributed by atoms with Crippen molar-refractivity contribution >= 4 is 27.7 Å². The van der Waals surface area contributed by atoms with Crippen molar-refractivity contribution in [1.82, 2.24) is 9.80 Å². The van der Waals surface area contributed by atoms with E-state index in [1.807, 2.05) is 4.90 Å². The maximum absolute atomic E-state index is 12.6. The van der Waals surface area contributed by atoms with E-state index in [1.54, 1.807) is 12.1 Å². The van der Waals surface area contributed by atoms with Crippen molar-refractivity contribution in [3.8, 4) is 0 Å². The molecule has 3 saturated heterocycles. The van der Waals surface area contributed by atoms with Gasteiger partial charge in [0.2, 0.25) is 5.91 Å². The molecule has 0 saturated carbocycles. The molecule has 2 bridgehead atoms. The maximum Gasteiger partial charge on any atom is 0.289 e. The van der Waals surface area contributed by atoms with Gasteiger partial charge in [-0.1, -0.05) is 0 Å². The second-order valence-corrected chi connectivity index (χ2v) is 7.46. The third-order valence-electron chi connectivity index (χ3n) is 5.25. The average Bonchev–Trinajstić information content (AvgIpc) is 2.94. The highest BCUT2D eigenvalue weighted by atomic mass is 79.9. The smallest absolute Gasteiger partial charge is 0.289 e. The van der Waals surface area contributed by atoms with Crippen LogP contribution >= 0.6 is 15.9 Å². The minimum absolute atomic E-state index is 0.0315. The van der Waals surface area contributed by atoms with Gasteiger partial charge in [0.25, 0.3) is 5.91 Å². The molecule has 3 aliphatic heterocycles. The molecule has 2 unspecified atom stereocenters. The standard InChI is InChI=1S/C16H19BrN2O3/c17-14-5-4-13(22-14)16(21)18-7-10-6-11(9-18)12-2-1-3-15(20)19(12)8-10/h4-5,10-12H,1-3,6-9H2/t10?,11?,12-/m1/s1. The molecule has 2 amide bonds. The Labute approximate surface area is 137 Å². The monoisotopic (exact) mass is 366 g/mol. The first kappa shape index (κ1) is 14.3. The Morgan fingerprint density at radius 1 is 1.27 bits per heavy atom. The number of carbonyl (C=O) groups excluding carboxylic acids is 2. The van der Waals surface area contributed by atoms with Crippen molar-refractivity contribution in [2.75, 3.05) is 19.6 Å². The van der Waals surface area contributed by atoms with Crippen LogP contribution in [0.2, 0.25) is 0 Å². The number of carbonyl (C=O) groups is 2. The van der Waals surface area contributed by atoms with Crippen LogP contribution in [0.5, 0.6) is 0 Å². The molecule has 3 aliphatic rings.